The van der Waals surface area contributed by atoms with Gasteiger partial charge in [0.25, 0.3) is 0 Å². The van der Waals surface area contributed by atoms with E-state index >= 15 is 0 Å². The summed E-state index contributed by atoms with van der Waals surface area (Å²) < 4.78 is 2.34. The van der Waals surface area contributed by atoms with Crippen molar-refractivity contribution in [1.29, 1.82) is 0 Å². The Labute approximate surface area is 136 Å². The van der Waals surface area contributed by atoms with Crippen LogP contribution in [0.5, 0.6) is 0 Å². The van der Waals surface area contributed by atoms with Crippen LogP contribution >= 0.6 is 11.3 Å². The minimum atomic E-state index is 0.673. The van der Waals surface area contributed by atoms with Crippen LogP contribution in [0, 0.1) is 0 Å². The molecule has 0 aliphatic rings. The number of nitrogens with zero attached hydrogens (tertiary/aromatic N) is 3. The average Bonchev–Trinajstić information content (AvgIpc) is 2.99. The van der Waals surface area contributed by atoms with E-state index in [4.69, 9.17) is 9.97 Å². The van der Waals surface area contributed by atoms with Gasteiger partial charge in [0, 0.05) is 21.7 Å². The summed E-state index contributed by atoms with van der Waals surface area (Å²) in [5, 5.41) is 2.30. The van der Waals surface area contributed by atoms with E-state index in [-0.39, 0.29) is 0 Å². The van der Waals surface area contributed by atoms with E-state index in [0.717, 1.165) is 26.8 Å². The number of thiophene rings is 1. The van der Waals surface area contributed by atoms with Gasteiger partial charge in [-0.3, -0.25) is 0 Å². The standard InChI is InChI=1S/C19H11N3S/c1-3-7-14-12(5-1)9-10-15(21-14)19-20-11-17-18(22-19)13-6-2-4-8-16(13)23-17/h1-11H. The molecule has 0 N–H and O–H groups in total. The van der Waals surface area contributed by atoms with Crippen molar-refractivity contribution in [2.45, 2.75) is 0 Å². The van der Waals surface area contributed by atoms with Gasteiger partial charge in [-0.1, -0.05) is 42.5 Å². The molecule has 108 valence electrons. The van der Waals surface area contributed by atoms with Crippen LogP contribution in [-0.2, 0) is 0 Å². The Morgan fingerprint density at radius 3 is 2.61 bits per heavy atom. The zero-order valence-electron chi connectivity index (χ0n) is 12.1. The number of pyridine rings is 1. The van der Waals surface area contributed by atoms with Crippen molar-refractivity contribution >= 4 is 42.5 Å². The second kappa shape index (κ2) is 4.83. The third kappa shape index (κ3) is 1.99. The molecule has 0 bridgehead atoms. The van der Waals surface area contributed by atoms with E-state index in [0.29, 0.717) is 5.82 Å². The number of fused-ring (bicyclic) bond motifs is 4. The maximum atomic E-state index is 4.78. The molecule has 0 aliphatic heterocycles. The van der Waals surface area contributed by atoms with Gasteiger partial charge in [0.2, 0.25) is 0 Å². The Morgan fingerprint density at radius 1 is 0.739 bits per heavy atom. The predicted octanol–water partition coefficient (Wildman–Crippen LogP) is 5.06. The lowest BCUT2D eigenvalue weighted by molar-refractivity contribution is 1.20. The molecule has 23 heavy (non-hydrogen) atoms. The Morgan fingerprint density at radius 2 is 1.61 bits per heavy atom. The van der Waals surface area contributed by atoms with Crippen LogP contribution in [0.15, 0.2) is 66.9 Å². The number of benzene rings is 2. The molecule has 4 heteroatoms. The normalized spacial score (nSPS) is 11.5. The van der Waals surface area contributed by atoms with E-state index in [1.54, 1.807) is 11.3 Å². The van der Waals surface area contributed by atoms with Crippen molar-refractivity contribution in [2.75, 3.05) is 0 Å². The van der Waals surface area contributed by atoms with Crippen LogP contribution < -0.4 is 0 Å². The molecule has 0 spiro atoms. The van der Waals surface area contributed by atoms with Gasteiger partial charge in [-0.25, -0.2) is 15.0 Å². The van der Waals surface area contributed by atoms with E-state index in [2.05, 4.69) is 35.3 Å². The van der Waals surface area contributed by atoms with E-state index < -0.39 is 0 Å². The van der Waals surface area contributed by atoms with Crippen LogP contribution in [0.25, 0.3) is 42.7 Å². The number of para-hydroxylation sites is 1. The second-order valence-electron chi connectivity index (χ2n) is 5.39. The van der Waals surface area contributed by atoms with Crippen LogP contribution in [0.3, 0.4) is 0 Å². The summed E-state index contributed by atoms with van der Waals surface area (Å²) in [6.45, 7) is 0. The van der Waals surface area contributed by atoms with Crippen molar-refractivity contribution in [3.05, 3.63) is 66.9 Å². The topological polar surface area (TPSA) is 38.7 Å². The minimum Gasteiger partial charge on any atom is -0.244 e. The molecular formula is C19H11N3S. The molecule has 0 fully saturated rings. The first-order valence-corrected chi connectivity index (χ1v) is 8.21. The molecule has 0 amide bonds. The van der Waals surface area contributed by atoms with Crippen LogP contribution in [0.2, 0.25) is 0 Å². The zero-order chi connectivity index (χ0) is 15.2. The molecular weight excluding hydrogens is 302 g/mol. The molecule has 0 unspecified atom stereocenters. The summed E-state index contributed by atoms with van der Waals surface area (Å²) in [6, 6.07) is 20.5. The molecule has 0 saturated carbocycles. The Balaban J connectivity index is 1.76. The Bertz CT molecular complexity index is 1180. The van der Waals surface area contributed by atoms with Gasteiger partial charge < -0.3 is 0 Å². The van der Waals surface area contributed by atoms with Gasteiger partial charge in [-0.05, 0) is 18.2 Å². The highest BCUT2D eigenvalue weighted by Gasteiger charge is 2.10. The first-order valence-electron chi connectivity index (χ1n) is 7.39. The van der Waals surface area contributed by atoms with Gasteiger partial charge >= 0.3 is 0 Å². The van der Waals surface area contributed by atoms with Gasteiger partial charge in [0.05, 0.1) is 15.7 Å². The lowest BCUT2D eigenvalue weighted by Gasteiger charge is -2.02. The third-order valence-electron chi connectivity index (χ3n) is 3.94. The largest absolute Gasteiger partial charge is 0.244 e. The maximum Gasteiger partial charge on any atom is 0.178 e. The lowest BCUT2D eigenvalue weighted by atomic mass is 10.2. The van der Waals surface area contributed by atoms with E-state index in [9.17, 15) is 0 Å². The molecule has 2 aromatic carbocycles. The van der Waals surface area contributed by atoms with Gasteiger partial charge in [0.1, 0.15) is 5.69 Å². The molecule has 3 aromatic heterocycles. The lowest BCUT2D eigenvalue weighted by Crippen LogP contribution is -1.91. The summed E-state index contributed by atoms with van der Waals surface area (Å²) in [5.41, 5.74) is 2.77. The first-order chi connectivity index (χ1) is 11.4. The van der Waals surface area contributed by atoms with Crippen molar-refractivity contribution in [3.63, 3.8) is 0 Å². The molecule has 5 aromatic rings. The maximum absolute atomic E-state index is 4.78. The molecule has 0 aliphatic carbocycles. The summed E-state index contributed by atoms with van der Waals surface area (Å²) in [4.78, 5) is 14.0. The van der Waals surface area contributed by atoms with Crippen molar-refractivity contribution in [3.8, 4) is 11.5 Å². The molecule has 5 rings (SSSR count). The SMILES string of the molecule is c1ccc2nc(-c3ncc4sc5ccccc5c4n3)ccc2c1. The van der Waals surface area contributed by atoms with Gasteiger partial charge in [0.15, 0.2) is 5.82 Å². The minimum absolute atomic E-state index is 0.673. The third-order valence-corrected chi connectivity index (χ3v) is 5.04. The highest BCUT2D eigenvalue weighted by Crippen LogP contribution is 2.32. The molecule has 0 atom stereocenters. The molecule has 0 radical (unpaired) electrons. The van der Waals surface area contributed by atoms with Crippen molar-refractivity contribution in [2.24, 2.45) is 0 Å². The highest BCUT2D eigenvalue weighted by molar-refractivity contribution is 7.25. The fraction of sp³-hybridized carbons (Fsp3) is 0. The number of aromatic nitrogens is 3. The summed E-state index contributed by atoms with van der Waals surface area (Å²) in [5.74, 6) is 0.673. The van der Waals surface area contributed by atoms with Crippen LogP contribution in [0.1, 0.15) is 0 Å². The number of hydrogen-bond donors (Lipinski definition) is 0. The summed E-state index contributed by atoms with van der Waals surface area (Å²) in [6.07, 6.45) is 1.90. The Hall–Kier alpha value is -2.85. The number of hydrogen-bond acceptors (Lipinski definition) is 4. The molecule has 3 heterocycles. The summed E-state index contributed by atoms with van der Waals surface area (Å²) >= 11 is 1.72. The second-order valence-corrected chi connectivity index (χ2v) is 6.48. The fourth-order valence-corrected chi connectivity index (χ4v) is 3.84. The highest BCUT2D eigenvalue weighted by atomic mass is 32.1. The van der Waals surface area contributed by atoms with E-state index in [1.807, 2.05) is 36.5 Å². The van der Waals surface area contributed by atoms with Crippen molar-refractivity contribution < 1.29 is 0 Å². The van der Waals surface area contributed by atoms with Crippen molar-refractivity contribution in [1.82, 2.24) is 15.0 Å². The average molecular weight is 313 g/mol. The van der Waals surface area contributed by atoms with Crippen LogP contribution in [-0.4, -0.2) is 15.0 Å². The van der Waals surface area contributed by atoms with Crippen LogP contribution in [0.4, 0.5) is 0 Å². The summed E-state index contributed by atoms with van der Waals surface area (Å²) in [7, 11) is 0. The Kier molecular flexibility index (Phi) is 2.66. The smallest absolute Gasteiger partial charge is 0.178 e. The molecule has 0 saturated heterocycles. The molecule has 3 nitrogen and oxygen atoms in total. The predicted molar refractivity (Wildman–Crippen MR) is 95.7 cm³/mol. The zero-order valence-corrected chi connectivity index (χ0v) is 12.9. The van der Waals surface area contributed by atoms with E-state index in [1.165, 1.54) is 10.1 Å². The monoisotopic (exact) mass is 313 g/mol. The quantitative estimate of drug-likeness (QED) is 0.434. The fourth-order valence-electron chi connectivity index (χ4n) is 2.82. The first kappa shape index (κ1) is 12.7. The number of rotatable bonds is 1. The van der Waals surface area contributed by atoms with Gasteiger partial charge in [-0.2, -0.15) is 0 Å². The van der Waals surface area contributed by atoms with Gasteiger partial charge in [-0.15, -0.1) is 11.3 Å².